The molecule has 0 aromatic carbocycles. The highest BCUT2D eigenvalue weighted by Crippen LogP contribution is 2.66. The van der Waals surface area contributed by atoms with E-state index in [1.165, 1.54) is 38.5 Å². The molecule has 5 fully saturated rings. The summed E-state index contributed by atoms with van der Waals surface area (Å²) in [5.41, 5.74) is 0.438. The Morgan fingerprint density at radius 2 is 1.72 bits per heavy atom. The summed E-state index contributed by atoms with van der Waals surface area (Å²) in [5.74, 6) is 3.88. The SMILES string of the molecule is CCC1(C23CC4CC(CC(C4)C2)C3)NC(=O)CS1. The molecule has 1 N–H and O–H groups in total. The second-order valence-corrected chi connectivity index (χ2v) is 8.49. The fourth-order valence-electron chi connectivity index (χ4n) is 5.94. The molecular formula is C15H23NOS. The quantitative estimate of drug-likeness (QED) is 0.831. The Bertz CT molecular complexity index is 359. The van der Waals surface area contributed by atoms with Crippen LogP contribution >= 0.6 is 11.8 Å². The summed E-state index contributed by atoms with van der Waals surface area (Å²) >= 11 is 1.93. The van der Waals surface area contributed by atoms with Gasteiger partial charge in [0.25, 0.3) is 0 Å². The predicted molar refractivity (Wildman–Crippen MR) is 74.2 cm³/mol. The summed E-state index contributed by atoms with van der Waals surface area (Å²) in [5, 5.41) is 3.40. The van der Waals surface area contributed by atoms with E-state index in [-0.39, 0.29) is 10.8 Å². The van der Waals surface area contributed by atoms with E-state index in [0.717, 1.165) is 24.2 Å². The van der Waals surface area contributed by atoms with Gasteiger partial charge in [0.15, 0.2) is 0 Å². The zero-order valence-corrected chi connectivity index (χ0v) is 12.0. The highest BCUT2D eigenvalue weighted by molar-refractivity contribution is 8.01. The molecule has 1 unspecified atom stereocenters. The van der Waals surface area contributed by atoms with E-state index in [9.17, 15) is 4.79 Å². The molecule has 4 saturated carbocycles. The van der Waals surface area contributed by atoms with Crippen LogP contribution in [0.5, 0.6) is 0 Å². The first kappa shape index (κ1) is 11.6. The van der Waals surface area contributed by atoms with Gasteiger partial charge >= 0.3 is 0 Å². The van der Waals surface area contributed by atoms with Gasteiger partial charge in [-0.2, -0.15) is 0 Å². The number of amides is 1. The molecule has 2 nitrogen and oxygen atoms in total. The smallest absolute Gasteiger partial charge is 0.231 e. The largest absolute Gasteiger partial charge is 0.340 e. The Morgan fingerprint density at radius 3 is 2.11 bits per heavy atom. The lowest BCUT2D eigenvalue weighted by Crippen LogP contribution is -2.61. The highest BCUT2D eigenvalue weighted by atomic mass is 32.2. The monoisotopic (exact) mass is 265 g/mol. The van der Waals surface area contributed by atoms with E-state index in [0.29, 0.717) is 11.2 Å². The van der Waals surface area contributed by atoms with Crippen LogP contribution in [-0.4, -0.2) is 16.5 Å². The van der Waals surface area contributed by atoms with Crippen LogP contribution in [0.1, 0.15) is 51.9 Å². The Morgan fingerprint density at radius 1 is 1.17 bits per heavy atom. The van der Waals surface area contributed by atoms with E-state index in [2.05, 4.69) is 12.2 Å². The lowest BCUT2D eigenvalue weighted by Gasteiger charge is -2.62. The van der Waals surface area contributed by atoms with Crippen molar-refractivity contribution in [3.05, 3.63) is 0 Å². The summed E-state index contributed by atoms with van der Waals surface area (Å²) in [4.78, 5) is 11.9. The highest BCUT2D eigenvalue weighted by Gasteiger charge is 2.61. The molecule has 5 aliphatic rings. The summed E-state index contributed by atoms with van der Waals surface area (Å²) in [7, 11) is 0. The molecule has 4 bridgehead atoms. The van der Waals surface area contributed by atoms with Crippen LogP contribution in [-0.2, 0) is 4.79 Å². The topological polar surface area (TPSA) is 29.1 Å². The molecule has 18 heavy (non-hydrogen) atoms. The van der Waals surface area contributed by atoms with Gasteiger partial charge in [0.2, 0.25) is 5.91 Å². The molecule has 1 atom stereocenters. The fraction of sp³-hybridized carbons (Fsp3) is 0.933. The lowest BCUT2D eigenvalue weighted by atomic mass is 9.47. The van der Waals surface area contributed by atoms with Gasteiger partial charge in [0, 0.05) is 5.41 Å². The standard InChI is InChI=1S/C15H23NOS/c1-2-15(16-13(17)9-18-15)14-6-10-3-11(7-14)5-12(4-10)8-14/h10-12H,2-9H2,1H3,(H,16,17). The number of hydrogen-bond donors (Lipinski definition) is 1. The molecule has 1 saturated heterocycles. The zero-order chi connectivity index (χ0) is 12.4. The first-order valence-electron chi connectivity index (χ1n) is 7.60. The van der Waals surface area contributed by atoms with E-state index in [4.69, 9.17) is 0 Å². The summed E-state index contributed by atoms with van der Waals surface area (Å²) in [6.07, 6.45) is 9.73. The maximum Gasteiger partial charge on any atom is 0.231 e. The van der Waals surface area contributed by atoms with Crippen molar-refractivity contribution in [3.8, 4) is 0 Å². The van der Waals surface area contributed by atoms with Crippen LogP contribution in [0.25, 0.3) is 0 Å². The van der Waals surface area contributed by atoms with Gasteiger partial charge in [-0.1, -0.05) is 6.92 Å². The van der Waals surface area contributed by atoms with Crippen LogP contribution in [0.2, 0.25) is 0 Å². The second-order valence-electron chi connectivity index (χ2n) is 7.22. The molecule has 0 radical (unpaired) electrons. The van der Waals surface area contributed by atoms with Crippen LogP contribution in [0.15, 0.2) is 0 Å². The molecule has 0 aromatic rings. The number of nitrogens with one attached hydrogen (secondary N) is 1. The Kier molecular flexibility index (Phi) is 2.38. The lowest BCUT2D eigenvalue weighted by molar-refractivity contribution is -0.124. The third-order valence-corrected chi connectivity index (χ3v) is 7.91. The first-order valence-corrected chi connectivity index (χ1v) is 8.58. The van der Waals surface area contributed by atoms with E-state index >= 15 is 0 Å². The van der Waals surface area contributed by atoms with Crippen molar-refractivity contribution in [1.82, 2.24) is 5.32 Å². The Balaban J connectivity index is 1.72. The van der Waals surface area contributed by atoms with Crippen molar-refractivity contribution in [2.75, 3.05) is 5.75 Å². The normalized spacial score (nSPS) is 53.8. The van der Waals surface area contributed by atoms with Crippen molar-refractivity contribution in [3.63, 3.8) is 0 Å². The fourth-order valence-corrected chi connectivity index (χ4v) is 7.34. The molecule has 3 heteroatoms. The molecule has 1 aliphatic heterocycles. The summed E-state index contributed by atoms with van der Waals surface area (Å²) in [6, 6.07) is 0. The maximum atomic E-state index is 11.8. The number of thioether (sulfide) groups is 1. The van der Waals surface area contributed by atoms with Crippen LogP contribution in [0.3, 0.4) is 0 Å². The molecule has 4 aliphatic carbocycles. The van der Waals surface area contributed by atoms with Crippen molar-refractivity contribution < 1.29 is 4.79 Å². The average Bonchev–Trinajstić information content (AvgIpc) is 2.71. The van der Waals surface area contributed by atoms with Crippen molar-refractivity contribution in [2.45, 2.75) is 56.7 Å². The Labute approximate surface area is 114 Å². The Hall–Kier alpha value is -0.180. The van der Waals surface area contributed by atoms with E-state index in [1.807, 2.05) is 11.8 Å². The number of carbonyl (C=O) groups excluding carboxylic acids is 1. The molecular weight excluding hydrogens is 242 g/mol. The average molecular weight is 265 g/mol. The van der Waals surface area contributed by atoms with Gasteiger partial charge in [-0.3, -0.25) is 4.79 Å². The minimum Gasteiger partial charge on any atom is -0.340 e. The van der Waals surface area contributed by atoms with Crippen LogP contribution in [0, 0.1) is 23.2 Å². The van der Waals surface area contributed by atoms with Crippen LogP contribution in [0.4, 0.5) is 0 Å². The van der Waals surface area contributed by atoms with Gasteiger partial charge in [-0.15, -0.1) is 11.8 Å². The summed E-state index contributed by atoms with van der Waals surface area (Å²) < 4.78 is 0. The molecule has 0 aromatic heterocycles. The van der Waals surface area contributed by atoms with Gasteiger partial charge in [0.05, 0.1) is 10.6 Å². The zero-order valence-electron chi connectivity index (χ0n) is 11.2. The third-order valence-electron chi connectivity index (χ3n) is 6.18. The van der Waals surface area contributed by atoms with Crippen molar-refractivity contribution in [1.29, 1.82) is 0 Å². The molecule has 100 valence electrons. The number of rotatable bonds is 2. The molecule has 1 heterocycles. The third kappa shape index (κ3) is 1.40. The second kappa shape index (κ2) is 3.68. The number of carbonyl (C=O) groups is 1. The van der Waals surface area contributed by atoms with Crippen LogP contribution < -0.4 is 5.32 Å². The maximum absolute atomic E-state index is 11.8. The first-order chi connectivity index (χ1) is 8.65. The molecule has 5 rings (SSSR count). The van der Waals surface area contributed by atoms with Crippen molar-refractivity contribution >= 4 is 17.7 Å². The van der Waals surface area contributed by atoms with E-state index in [1.54, 1.807) is 0 Å². The molecule has 0 spiro atoms. The van der Waals surface area contributed by atoms with Gasteiger partial charge in [0.1, 0.15) is 0 Å². The number of hydrogen-bond acceptors (Lipinski definition) is 2. The van der Waals surface area contributed by atoms with Gasteiger partial charge in [-0.05, 0) is 62.7 Å². The van der Waals surface area contributed by atoms with E-state index < -0.39 is 0 Å². The minimum atomic E-state index is 0.0834. The predicted octanol–water partition coefficient (Wildman–Crippen LogP) is 3.17. The van der Waals surface area contributed by atoms with Crippen molar-refractivity contribution in [2.24, 2.45) is 23.2 Å². The van der Waals surface area contributed by atoms with Gasteiger partial charge < -0.3 is 5.32 Å². The van der Waals surface area contributed by atoms with Gasteiger partial charge in [-0.25, -0.2) is 0 Å². The summed E-state index contributed by atoms with van der Waals surface area (Å²) in [6.45, 7) is 2.27. The molecule has 1 amide bonds. The minimum absolute atomic E-state index is 0.0834.